The van der Waals surface area contributed by atoms with Crippen LogP contribution in [-0.2, 0) is 0 Å². The third-order valence-corrected chi connectivity index (χ3v) is 3.21. The molecule has 0 aromatic heterocycles. The lowest BCUT2D eigenvalue weighted by Gasteiger charge is -2.21. The van der Waals surface area contributed by atoms with Gasteiger partial charge in [0, 0.05) is 24.8 Å². The van der Waals surface area contributed by atoms with Crippen molar-refractivity contribution in [3.05, 3.63) is 29.2 Å². The first-order valence-corrected chi connectivity index (χ1v) is 5.55. The molecule has 1 fully saturated rings. The lowest BCUT2D eigenvalue weighted by molar-refractivity contribution is 0.315. The molecule has 0 aliphatic carbocycles. The van der Waals surface area contributed by atoms with Gasteiger partial charge >= 0.3 is 0 Å². The fourth-order valence-electron chi connectivity index (χ4n) is 2.12. The zero-order valence-electron chi connectivity index (χ0n) is 9.76. The SMILES string of the molecule is CN(C)[C@H]1CCN(c2ccc(N=O)cc2)C1. The van der Waals surface area contributed by atoms with Crippen molar-refractivity contribution in [1.82, 2.24) is 4.90 Å². The fraction of sp³-hybridized carbons (Fsp3) is 0.500. The molecule has 16 heavy (non-hydrogen) atoms. The maximum Gasteiger partial charge on any atom is 0.108 e. The third-order valence-electron chi connectivity index (χ3n) is 3.21. The molecule has 1 aromatic carbocycles. The molecule has 0 radical (unpaired) electrons. The van der Waals surface area contributed by atoms with Crippen LogP contribution in [0.2, 0.25) is 0 Å². The Kier molecular flexibility index (Phi) is 3.19. The van der Waals surface area contributed by atoms with Crippen molar-refractivity contribution >= 4 is 11.4 Å². The van der Waals surface area contributed by atoms with Crippen molar-refractivity contribution in [2.45, 2.75) is 12.5 Å². The summed E-state index contributed by atoms with van der Waals surface area (Å²) in [5.74, 6) is 0. The van der Waals surface area contributed by atoms with Gasteiger partial charge in [-0.3, -0.25) is 0 Å². The first kappa shape index (κ1) is 11.1. The highest BCUT2D eigenvalue weighted by atomic mass is 16.3. The summed E-state index contributed by atoms with van der Waals surface area (Å²) in [5, 5.41) is 2.90. The molecule has 0 bridgehead atoms. The van der Waals surface area contributed by atoms with Gasteiger partial charge in [-0.2, -0.15) is 0 Å². The number of hydrogen-bond acceptors (Lipinski definition) is 4. The number of nitrogens with zero attached hydrogens (tertiary/aromatic N) is 3. The van der Waals surface area contributed by atoms with Crippen molar-refractivity contribution in [3.8, 4) is 0 Å². The Morgan fingerprint density at radius 1 is 1.31 bits per heavy atom. The number of hydrogen-bond donors (Lipinski definition) is 0. The summed E-state index contributed by atoms with van der Waals surface area (Å²) in [6, 6.07) is 8.10. The van der Waals surface area contributed by atoms with Crippen LogP contribution in [-0.4, -0.2) is 38.1 Å². The summed E-state index contributed by atoms with van der Waals surface area (Å²) >= 11 is 0. The van der Waals surface area contributed by atoms with Gasteiger partial charge in [-0.1, -0.05) is 0 Å². The Balaban J connectivity index is 2.05. The number of nitroso groups, excluding NO2 is 1. The van der Waals surface area contributed by atoms with E-state index >= 15 is 0 Å². The molecule has 4 heteroatoms. The van der Waals surface area contributed by atoms with E-state index in [1.54, 1.807) is 12.1 Å². The van der Waals surface area contributed by atoms with Gasteiger partial charge in [-0.25, -0.2) is 0 Å². The molecule has 4 nitrogen and oxygen atoms in total. The minimum atomic E-state index is 0.493. The average molecular weight is 219 g/mol. The van der Waals surface area contributed by atoms with Gasteiger partial charge in [0.1, 0.15) is 5.69 Å². The van der Waals surface area contributed by atoms with Gasteiger partial charge in [-0.15, -0.1) is 4.91 Å². The van der Waals surface area contributed by atoms with E-state index < -0.39 is 0 Å². The molecule has 0 saturated carbocycles. The summed E-state index contributed by atoms with van der Waals surface area (Å²) in [4.78, 5) is 14.9. The molecular weight excluding hydrogens is 202 g/mol. The number of likely N-dealkylation sites (N-methyl/N-ethyl adjacent to an activating group) is 1. The minimum absolute atomic E-state index is 0.493. The number of anilines is 1. The molecule has 2 rings (SSSR count). The Hall–Kier alpha value is -1.42. The average Bonchev–Trinajstić information content (AvgIpc) is 2.78. The second-order valence-corrected chi connectivity index (χ2v) is 4.46. The van der Waals surface area contributed by atoms with Crippen LogP contribution in [0, 0.1) is 4.91 Å². The Morgan fingerprint density at radius 2 is 2.00 bits per heavy atom. The molecule has 1 saturated heterocycles. The van der Waals surface area contributed by atoms with Gasteiger partial charge < -0.3 is 9.80 Å². The third kappa shape index (κ3) is 2.22. The van der Waals surface area contributed by atoms with Crippen LogP contribution in [0.4, 0.5) is 11.4 Å². The normalized spacial score (nSPS) is 20.4. The molecular formula is C12H17N3O. The van der Waals surface area contributed by atoms with Crippen molar-refractivity contribution < 1.29 is 0 Å². The Morgan fingerprint density at radius 3 is 2.50 bits per heavy atom. The molecule has 1 atom stereocenters. The van der Waals surface area contributed by atoms with Gasteiger partial charge in [0.05, 0.1) is 0 Å². The zero-order valence-corrected chi connectivity index (χ0v) is 9.76. The van der Waals surface area contributed by atoms with E-state index in [9.17, 15) is 4.91 Å². The molecule has 0 N–H and O–H groups in total. The van der Waals surface area contributed by atoms with Crippen LogP contribution >= 0.6 is 0 Å². The highest BCUT2D eigenvalue weighted by molar-refractivity contribution is 5.53. The largest absolute Gasteiger partial charge is 0.370 e. The van der Waals surface area contributed by atoms with Gasteiger partial charge in [0.15, 0.2) is 0 Å². The summed E-state index contributed by atoms with van der Waals surface area (Å²) < 4.78 is 0. The first-order chi connectivity index (χ1) is 7.70. The fourth-order valence-corrected chi connectivity index (χ4v) is 2.12. The molecule has 1 aromatic rings. The van der Waals surface area contributed by atoms with Gasteiger partial charge in [-0.05, 0) is 50.0 Å². The minimum Gasteiger partial charge on any atom is -0.370 e. The van der Waals surface area contributed by atoms with Crippen molar-refractivity contribution in [3.63, 3.8) is 0 Å². The highest BCUT2D eigenvalue weighted by Crippen LogP contribution is 2.24. The van der Waals surface area contributed by atoms with Gasteiger partial charge in [0.25, 0.3) is 0 Å². The highest BCUT2D eigenvalue weighted by Gasteiger charge is 2.23. The van der Waals surface area contributed by atoms with Crippen LogP contribution in [0.5, 0.6) is 0 Å². The second-order valence-electron chi connectivity index (χ2n) is 4.46. The lowest BCUT2D eigenvalue weighted by Crippen LogP contribution is -2.31. The zero-order chi connectivity index (χ0) is 11.5. The standard InChI is InChI=1S/C12H17N3O/c1-14(2)12-7-8-15(9-12)11-5-3-10(13-16)4-6-11/h3-6,12H,7-9H2,1-2H3/t12-/m0/s1. The maximum absolute atomic E-state index is 10.3. The van der Waals surface area contributed by atoms with Crippen LogP contribution in [0.25, 0.3) is 0 Å². The van der Waals surface area contributed by atoms with E-state index in [4.69, 9.17) is 0 Å². The monoisotopic (exact) mass is 219 g/mol. The number of benzene rings is 1. The van der Waals surface area contributed by atoms with E-state index in [2.05, 4.69) is 29.1 Å². The molecule has 1 aliphatic rings. The van der Waals surface area contributed by atoms with E-state index in [0.29, 0.717) is 11.7 Å². The van der Waals surface area contributed by atoms with Gasteiger partial charge in [0.2, 0.25) is 0 Å². The summed E-state index contributed by atoms with van der Waals surface area (Å²) in [6.07, 6.45) is 1.20. The predicted octanol–water partition coefficient (Wildman–Crippen LogP) is 2.22. The van der Waals surface area contributed by atoms with Crippen LogP contribution in [0.1, 0.15) is 6.42 Å². The quantitative estimate of drug-likeness (QED) is 0.731. The van der Waals surface area contributed by atoms with E-state index in [1.165, 1.54) is 12.1 Å². The molecule has 86 valence electrons. The number of rotatable bonds is 3. The molecule has 0 unspecified atom stereocenters. The summed E-state index contributed by atoms with van der Waals surface area (Å²) in [7, 11) is 4.24. The second kappa shape index (κ2) is 4.61. The summed E-state index contributed by atoms with van der Waals surface area (Å²) in [6.45, 7) is 2.14. The summed E-state index contributed by atoms with van der Waals surface area (Å²) in [5.41, 5.74) is 1.67. The van der Waals surface area contributed by atoms with Crippen LogP contribution in [0.3, 0.4) is 0 Å². The van der Waals surface area contributed by atoms with Crippen LogP contribution < -0.4 is 4.90 Å². The Bertz CT molecular complexity index is 361. The topological polar surface area (TPSA) is 35.9 Å². The first-order valence-electron chi connectivity index (χ1n) is 5.55. The smallest absolute Gasteiger partial charge is 0.108 e. The van der Waals surface area contributed by atoms with Crippen molar-refractivity contribution in [1.29, 1.82) is 0 Å². The molecule has 0 amide bonds. The maximum atomic E-state index is 10.3. The van der Waals surface area contributed by atoms with Crippen molar-refractivity contribution in [2.24, 2.45) is 5.18 Å². The van der Waals surface area contributed by atoms with E-state index in [-0.39, 0.29) is 0 Å². The van der Waals surface area contributed by atoms with Crippen molar-refractivity contribution in [2.75, 3.05) is 32.1 Å². The Labute approximate surface area is 95.8 Å². The van der Waals surface area contributed by atoms with E-state index in [1.807, 2.05) is 12.1 Å². The molecule has 1 heterocycles. The van der Waals surface area contributed by atoms with Crippen LogP contribution in [0.15, 0.2) is 29.4 Å². The lowest BCUT2D eigenvalue weighted by atomic mass is 10.2. The predicted molar refractivity (Wildman–Crippen MR) is 66.2 cm³/mol. The van der Waals surface area contributed by atoms with E-state index in [0.717, 1.165) is 13.1 Å². The molecule has 0 spiro atoms. The molecule has 1 aliphatic heterocycles.